The fourth-order valence-corrected chi connectivity index (χ4v) is 6.95. The molecular weight excluding hydrogens is 612 g/mol. The van der Waals surface area contributed by atoms with Crippen LogP contribution in [0.2, 0.25) is 0 Å². The van der Waals surface area contributed by atoms with E-state index < -0.39 is 40.3 Å². The number of aliphatic imine (C=N–C) groups is 1. The van der Waals surface area contributed by atoms with E-state index in [1.807, 2.05) is 56.3 Å². The maximum absolute atomic E-state index is 13.9. The van der Waals surface area contributed by atoms with E-state index in [-0.39, 0.29) is 50.2 Å². The van der Waals surface area contributed by atoms with Crippen molar-refractivity contribution < 1.29 is 37.3 Å². The van der Waals surface area contributed by atoms with E-state index in [0.717, 1.165) is 17.6 Å². The lowest BCUT2D eigenvalue weighted by atomic mass is 10.0. The molecule has 246 valence electrons. The molecule has 2 N–H and O–H groups in total. The third-order valence-corrected chi connectivity index (χ3v) is 10.0. The molecule has 12 nitrogen and oxygen atoms in total. The van der Waals surface area contributed by atoms with Gasteiger partial charge in [-0.25, -0.2) is 13.2 Å². The number of nitrogens with zero attached hydrogens (tertiary/aromatic N) is 3. The average molecular weight is 653 g/mol. The van der Waals surface area contributed by atoms with Crippen LogP contribution in [0.3, 0.4) is 0 Å². The number of allylic oxidation sites excluding steroid dienone is 2. The van der Waals surface area contributed by atoms with Gasteiger partial charge in [0.15, 0.2) is 17.6 Å². The Morgan fingerprint density at radius 2 is 1.93 bits per heavy atom. The van der Waals surface area contributed by atoms with Crippen LogP contribution in [0.5, 0.6) is 11.5 Å². The van der Waals surface area contributed by atoms with Crippen LogP contribution in [0.25, 0.3) is 0 Å². The summed E-state index contributed by atoms with van der Waals surface area (Å²) in [6.07, 6.45) is 5.65. The highest BCUT2D eigenvalue weighted by Crippen LogP contribution is 2.35. The number of rotatable bonds is 14. The van der Waals surface area contributed by atoms with E-state index in [1.54, 1.807) is 18.5 Å². The third-order valence-electron chi connectivity index (χ3n) is 8.19. The molecule has 3 aliphatic heterocycles. The fourth-order valence-electron chi connectivity index (χ4n) is 5.35. The molecule has 5 rings (SSSR count). The van der Waals surface area contributed by atoms with Gasteiger partial charge in [0.25, 0.3) is 5.91 Å². The van der Waals surface area contributed by atoms with Gasteiger partial charge in [0.1, 0.15) is 0 Å². The Bertz CT molecular complexity index is 1590. The first-order chi connectivity index (χ1) is 22.1. The Morgan fingerprint density at radius 1 is 1.15 bits per heavy atom. The Hall–Kier alpha value is -4.20. The van der Waals surface area contributed by atoms with Gasteiger partial charge < -0.3 is 24.6 Å². The van der Waals surface area contributed by atoms with E-state index in [1.165, 1.54) is 21.3 Å². The number of hydrogen-bond donors (Lipinski definition) is 2. The second kappa shape index (κ2) is 14.9. The molecule has 2 aromatic carbocycles. The molecular formula is C33H40N4O8S. The maximum atomic E-state index is 13.9. The summed E-state index contributed by atoms with van der Waals surface area (Å²) in [5.41, 5.74) is 1.73. The van der Waals surface area contributed by atoms with Gasteiger partial charge >= 0.3 is 6.09 Å². The number of benzene rings is 2. The van der Waals surface area contributed by atoms with Gasteiger partial charge in [-0.1, -0.05) is 56.7 Å². The largest absolute Gasteiger partial charge is 0.454 e. The zero-order valence-corrected chi connectivity index (χ0v) is 26.8. The summed E-state index contributed by atoms with van der Waals surface area (Å²) >= 11 is 0. The van der Waals surface area contributed by atoms with Gasteiger partial charge in [0.2, 0.25) is 16.8 Å². The van der Waals surface area contributed by atoms with Gasteiger partial charge in [0, 0.05) is 38.1 Å². The Balaban J connectivity index is 1.33. The minimum Gasteiger partial charge on any atom is -0.454 e. The Morgan fingerprint density at radius 3 is 2.72 bits per heavy atom. The van der Waals surface area contributed by atoms with Crippen molar-refractivity contribution in [2.45, 2.75) is 56.3 Å². The van der Waals surface area contributed by atoms with Crippen LogP contribution < -0.4 is 14.8 Å². The number of aliphatic hydroxyl groups excluding tert-OH is 1. The van der Waals surface area contributed by atoms with E-state index >= 15 is 0 Å². The second-order valence-corrected chi connectivity index (χ2v) is 13.6. The van der Waals surface area contributed by atoms with Gasteiger partial charge in [0.05, 0.1) is 23.6 Å². The summed E-state index contributed by atoms with van der Waals surface area (Å²) in [7, 11) is -4.08. The van der Waals surface area contributed by atoms with Gasteiger partial charge in [-0.15, -0.1) is 0 Å². The quantitative estimate of drug-likeness (QED) is 0.316. The SMILES string of the molecule is CC[C@H](C)CN(C[C@@H](O)C(Cc1ccccc1)NC(=O)C1CN(CC2=CN=CC=CC2)C(=O)O1)S(=O)(=O)c1ccc2c(c1)OCO2. The zero-order valence-electron chi connectivity index (χ0n) is 25.9. The minimum atomic E-state index is -4.08. The van der Waals surface area contributed by atoms with E-state index in [4.69, 9.17) is 14.2 Å². The lowest BCUT2D eigenvalue weighted by molar-refractivity contribution is -0.129. The highest BCUT2D eigenvalue weighted by Gasteiger charge is 2.39. The number of aliphatic hydroxyl groups is 1. The number of cyclic esters (lactones) is 1. The molecule has 4 atom stereocenters. The zero-order chi connectivity index (χ0) is 32.7. The van der Waals surface area contributed by atoms with Gasteiger partial charge in [-0.05, 0) is 48.1 Å². The molecule has 1 fully saturated rings. The molecule has 0 bridgehead atoms. The number of fused-ring (bicyclic) bond motifs is 1. The molecule has 0 aliphatic carbocycles. The molecule has 3 heterocycles. The lowest BCUT2D eigenvalue weighted by Crippen LogP contribution is -2.53. The standard InChI is InChI=1S/C33H40N4O8S/c1-3-23(2)18-37(46(41,42)26-12-13-29-30(16-26)44-22-43-29)20-28(38)27(15-24-9-5-4-6-10-24)35-32(39)31-21-36(33(40)45-31)19-25-11-7-8-14-34-17-25/h4-10,12-14,16-17,23,27-28,31,38H,3,11,15,18-22H2,1-2H3,(H,35,39)/t23-,27?,28+,31?/m0/s1. The van der Waals surface area contributed by atoms with Crippen molar-refractivity contribution in [2.24, 2.45) is 10.9 Å². The molecule has 0 saturated carbocycles. The summed E-state index contributed by atoms with van der Waals surface area (Å²) in [4.78, 5) is 31.8. The van der Waals surface area contributed by atoms with Crippen molar-refractivity contribution in [1.29, 1.82) is 0 Å². The van der Waals surface area contributed by atoms with Crippen LogP contribution in [0, 0.1) is 5.92 Å². The second-order valence-electron chi connectivity index (χ2n) is 11.7. The monoisotopic (exact) mass is 652 g/mol. The summed E-state index contributed by atoms with van der Waals surface area (Å²) in [5, 5.41) is 14.5. The van der Waals surface area contributed by atoms with Gasteiger partial charge in [-0.3, -0.25) is 14.7 Å². The number of amides is 2. The number of nitrogens with one attached hydrogen (secondary N) is 1. The molecule has 2 aromatic rings. The summed E-state index contributed by atoms with van der Waals surface area (Å²) in [6.45, 7) is 4.08. The minimum absolute atomic E-state index is 0.00677. The lowest BCUT2D eigenvalue weighted by Gasteiger charge is -2.31. The van der Waals surface area contributed by atoms with Crippen LogP contribution in [0.4, 0.5) is 4.79 Å². The van der Waals surface area contributed by atoms with Crippen LogP contribution in [-0.4, -0.2) is 92.2 Å². The van der Waals surface area contributed by atoms with Crippen molar-refractivity contribution in [1.82, 2.24) is 14.5 Å². The molecule has 3 aliphatic rings. The van der Waals surface area contributed by atoms with E-state index in [0.29, 0.717) is 17.9 Å². The van der Waals surface area contributed by atoms with Gasteiger partial charge in [-0.2, -0.15) is 4.31 Å². The first kappa shape index (κ1) is 33.2. The fraction of sp³-hybridized carbons (Fsp3) is 0.424. The predicted molar refractivity (Wildman–Crippen MR) is 171 cm³/mol. The summed E-state index contributed by atoms with van der Waals surface area (Å²) in [5.74, 6) is 0.210. The van der Waals surface area contributed by atoms with Crippen molar-refractivity contribution in [3.63, 3.8) is 0 Å². The Kier molecular flexibility index (Phi) is 10.8. The van der Waals surface area contributed by atoms with Crippen LogP contribution in [0.15, 0.2) is 82.3 Å². The highest BCUT2D eigenvalue weighted by molar-refractivity contribution is 7.89. The number of ether oxygens (including phenoxy) is 3. The summed E-state index contributed by atoms with van der Waals surface area (Å²) in [6, 6.07) is 12.8. The molecule has 2 amide bonds. The first-order valence-electron chi connectivity index (χ1n) is 15.4. The molecule has 0 spiro atoms. The van der Waals surface area contributed by atoms with Crippen molar-refractivity contribution >= 4 is 28.2 Å². The predicted octanol–water partition coefficient (Wildman–Crippen LogP) is 3.28. The van der Waals surface area contributed by atoms with Crippen molar-refractivity contribution in [3.8, 4) is 11.5 Å². The normalized spacial score (nSPS) is 19.4. The summed E-state index contributed by atoms with van der Waals surface area (Å²) < 4.78 is 45.3. The van der Waals surface area contributed by atoms with Crippen LogP contribution in [-0.2, 0) is 26.0 Å². The number of hydrogen-bond acceptors (Lipinski definition) is 9. The van der Waals surface area contributed by atoms with Crippen molar-refractivity contribution in [3.05, 3.63) is 78.0 Å². The average Bonchev–Trinajstić information content (AvgIpc) is 3.58. The van der Waals surface area contributed by atoms with Crippen molar-refractivity contribution in [2.75, 3.05) is 33.0 Å². The van der Waals surface area contributed by atoms with E-state index in [9.17, 15) is 23.1 Å². The Labute approximate surface area is 269 Å². The first-order valence-corrected chi connectivity index (χ1v) is 16.8. The topological polar surface area (TPSA) is 147 Å². The third kappa shape index (κ3) is 8.14. The van der Waals surface area contributed by atoms with Crippen LogP contribution >= 0.6 is 0 Å². The molecule has 46 heavy (non-hydrogen) atoms. The molecule has 0 aromatic heterocycles. The molecule has 0 radical (unpaired) electrons. The highest BCUT2D eigenvalue weighted by atomic mass is 32.2. The maximum Gasteiger partial charge on any atom is 0.411 e. The van der Waals surface area contributed by atoms with Crippen LogP contribution in [0.1, 0.15) is 32.3 Å². The number of carbonyl (C=O) groups is 2. The molecule has 1 saturated heterocycles. The molecule has 2 unspecified atom stereocenters. The smallest absolute Gasteiger partial charge is 0.411 e. The molecule has 13 heteroatoms. The number of sulfonamides is 1. The number of carbonyl (C=O) groups excluding carboxylic acids is 2. The van der Waals surface area contributed by atoms with E-state index in [2.05, 4.69) is 10.3 Å².